The number of methoxy groups -OCH3 is 1. The molecule has 1 atom stereocenters. The summed E-state index contributed by atoms with van der Waals surface area (Å²) >= 11 is 0. The largest absolute Gasteiger partial charge is 0.504 e. The molecule has 14 heavy (non-hydrogen) atoms. The molecule has 0 aliphatic carbocycles. The molecule has 1 aromatic rings. The first kappa shape index (κ1) is 10.8. The molecule has 0 fully saturated rings. The minimum atomic E-state index is -0.602. The average molecular weight is 197 g/mol. The van der Waals surface area contributed by atoms with Gasteiger partial charge in [-0.2, -0.15) is 0 Å². The minimum absolute atomic E-state index is 0.0659. The second-order valence-corrected chi connectivity index (χ2v) is 3.02. The van der Waals surface area contributed by atoms with Crippen molar-refractivity contribution in [3.05, 3.63) is 23.8 Å². The molecule has 0 saturated carbocycles. The molecule has 4 heteroatoms. The van der Waals surface area contributed by atoms with Crippen molar-refractivity contribution in [3.8, 4) is 11.5 Å². The Morgan fingerprint density at radius 2 is 2.21 bits per heavy atom. The third-order valence-corrected chi connectivity index (χ3v) is 2.03. The molecule has 0 saturated heterocycles. The molecule has 0 spiro atoms. The van der Waals surface area contributed by atoms with E-state index in [1.165, 1.54) is 13.2 Å². The predicted octanol–water partition coefficient (Wildman–Crippen LogP) is 0.783. The first-order valence-electron chi connectivity index (χ1n) is 4.44. The maximum Gasteiger partial charge on any atom is 0.160 e. The first-order chi connectivity index (χ1) is 6.69. The second kappa shape index (κ2) is 4.83. The normalized spacial score (nSPS) is 12.5. The smallest absolute Gasteiger partial charge is 0.160 e. The number of aliphatic hydroxyl groups excluding tert-OH is 1. The summed E-state index contributed by atoms with van der Waals surface area (Å²) in [7, 11) is 1.47. The molecular weight excluding hydrogens is 182 g/mol. The van der Waals surface area contributed by atoms with Gasteiger partial charge < -0.3 is 20.7 Å². The molecule has 1 rings (SSSR count). The van der Waals surface area contributed by atoms with Crippen LogP contribution in [0.4, 0.5) is 0 Å². The zero-order valence-corrected chi connectivity index (χ0v) is 8.10. The lowest BCUT2D eigenvalue weighted by molar-refractivity contribution is 0.170. The van der Waals surface area contributed by atoms with Gasteiger partial charge in [0.25, 0.3) is 0 Å². The van der Waals surface area contributed by atoms with E-state index >= 15 is 0 Å². The van der Waals surface area contributed by atoms with Crippen LogP contribution in [0, 0.1) is 0 Å². The van der Waals surface area contributed by atoms with Crippen LogP contribution in [0.5, 0.6) is 11.5 Å². The van der Waals surface area contributed by atoms with Gasteiger partial charge in [-0.3, -0.25) is 0 Å². The maximum absolute atomic E-state index is 9.61. The SMILES string of the molecule is COc1cc([C@@H](O)CCN)ccc1O. The molecule has 0 unspecified atom stereocenters. The second-order valence-electron chi connectivity index (χ2n) is 3.02. The number of rotatable bonds is 4. The summed E-state index contributed by atoms with van der Waals surface area (Å²) < 4.78 is 4.92. The van der Waals surface area contributed by atoms with Crippen molar-refractivity contribution in [1.29, 1.82) is 0 Å². The van der Waals surface area contributed by atoms with E-state index in [-0.39, 0.29) is 5.75 Å². The van der Waals surface area contributed by atoms with Crippen LogP contribution in [0.25, 0.3) is 0 Å². The van der Waals surface area contributed by atoms with Gasteiger partial charge >= 0.3 is 0 Å². The zero-order valence-electron chi connectivity index (χ0n) is 8.10. The molecule has 0 aliphatic heterocycles. The fourth-order valence-electron chi connectivity index (χ4n) is 1.23. The van der Waals surface area contributed by atoms with Crippen LogP contribution in [-0.4, -0.2) is 23.9 Å². The lowest BCUT2D eigenvalue weighted by Gasteiger charge is -2.11. The fraction of sp³-hybridized carbons (Fsp3) is 0.400. The summed E-state index contributed by atoms with van der Waals surface area (Å²) in [6.45, 7) is 0.421. The molecule has 0 aliphatic rings. The number of benzene rings is 1. The van der Waals surface area contributed by atoms with Gasteiger partial charge in [0.1, 0.15) is 0 Å². The third-order valence-electron chi connectivity index (χ3n) is 2.03. The Bertz CT molecular complexity index is 301. The Kier molecular flexibility index (Phi) is 3.73. The minimum Gasteiger partial charge on any atom is -0.504 e. The highest BCUT2D eigenvalue weighted by molar-refractivity contribution is 5.42. The summed E-state index contributed by atoms with van der Waals surface area (Å²) in [5.74, 6) is 0.426. The molecule has 0 aromatic heterocycles. The van der Waals surface area contributed by atoms with Gasteiger partial charge in [-0.25, -0.2) is 0 Å². The third kappa shape index (κ3) is 2.37. The van der Waals surface area contributed by atoms with Crippen molar-refractivity contribution in [3.63, 3.8) is 0 Å². The Morgan fingerprint density at radius 1 is 1.50 bits per heavy atom. The molecule has 4 N–H and O–H groups in total. The number of aromatic hydroxyl groups is 1. The number of hydrogen-bond donors (Lipinski definition) is 3. The average Bonchev–Trinajstić information content (AvgIpc) is 2.19. The molecule has 0 amide bonds. The highest BCUT2D eigenvalue weighted by Gasteiger charge is 2.09. The van der Waals surface area contributed by atoms with Gasteiger partial charge in [0.15, 0.2) is 11.5 Å². The Balaban J connectivity index is 2.88. The highest BCUT2D eigenvalue weighted by atomic mass is 16.5. The maximum atomic E-state index is 9.61. The van der Waals surface area contributed by atoms with E-state index in [2.05, 4.69) is 0 Å². The van der Waals surface area contributed by atoms with E-state index < -0.39 is 6.10 Å². The molecule has 0 heterocycles. The quantitative estimate of drug-likeness (QED) is 0.666. The van der Waals surface area contributed by atoms with Crippen LogP contribution in [0.3, 0.4) is 0 Å². The van der Waals surface area contributed by atoms with Crippen molar-refractivity contribution < 1.29 is 14.9 Å². The van der Waals surface area contributed by atoms with Crippen LogP contribution < -0.4 is 10.5 Å². The van der Waals surface area contributed by atoms with Crippen molar-refractivity contribution in [2.24, 2.45) is 5.73 Å². The summed E-state index contributed by atoms with van der Waals surface area (Å²) in [4.78, 5) is 0. The van der Waals surface area contributed by atoms with Gasteiger partial charge in [-0.1, -0.05) is 6.07 Å². The lowest BCUT2D eigenvalue weighted by Crippen LogP contribution is -2.06. The summed E-state index contributed by atoms with van der Waals surface area (Å²) in [6.07, 6.45) is -0.108. The van der Waals surface area contributed by atoms with Crippen LogP contribution in [0.1, 0.15) is 18.1 Å². The van der Waals surface area contributed by atoms with Crippen LogP contribution in [0.15, 0.2) is 18.2 Å². The molecule has 0 bridgehead atoms. The van der Waals surface area contributed by atoms with E-state index in [1.54, 1.807) is 12.1 Å². The number of phenolic OH excluding ortho intramolecular Hbond substituents is 1. The van der Waals surface area contributed by atoms with E-state index in [0.29, 0.717) is 24.3 Å². The number of hydrogen-bond acceptors (Lipinski definition) is 4. The Morgan fingerprint density at radius 3 is 2.79 bits per heavy atom. The topological polar surface area (TPSA) is 75.7 Å². The number of phenols is 1. The van der Waals surface area contributed by atoms with Gasteiger partial charge in [0.05, 0.1) is 13.2 Å². The van der Waals surface area contributed by atoms with Crippen molar-refractivity contribution >= 4 is 0 Å². The monoisotopic (exact) mass is 197 g/mol. The first-order valence-corrected chi connectivity index (χ1v) is 4.44. The Labute approximate surface area is 82.9 Å². The van der Waals surface area contributed by atoms with Gasteiger partial charge in [0, 0.05) is 0 Å². The van der Waals surface area contributed by atoms with Crippen molar-refractivity contribution in [2.75, 3.05) is 13.7 Å². The van der Waals surface area contributed by atoms with Gasteiger partial charge in [-0.05, 0) is 30.7 Å². The van der Waals surface area contributed by atoms with Gasteiger partial charge in [0.2, 0.25) is 0 Å². The molecule has 1 aromatic carbocycles. The van der Waals surface area contributed by atoms with E-state index in [9.17, 15) is 10.2 Å². The molecular formula is C10H15NO3. The standard InChI is InChI=1S/C10H15NO3/c1-14-10-6-7(2-3-9(10)13)8(12)4-5-11/h2-3,6,8,12-13H,4-5,11H2,1H3/t8-/m0/s1. The summed E-state index contributed by atoms with van der Waals surface area (Å²) in [6, 6.07) is 4.75. The number of ether oxygens (including phenoxy) is 1. The van der Waals surface area contributed by atoms with E-state index in [4.69, 9.17) is 10.5 Å². The molecule has 4 nitrogen and oxygen atoms in total. The highest BCUT2D eigenvalue weighted by Crippen LogP contribution is 2.29. The van der Waals surface area contributed by atoms with Crippen LogP contribution >= 0.6 is 0 Å². The fourth-order valence-corrected chi connectivity index (χ4v) is 1.23. The number of nitrogens with two attached hydrogens (primary N) is 1. The lowest BCUT2D eigenvalue weighted by atomic mass is 10.1. The summed E-state index contributed by atoms with van der Waals surface area (Å²) in [5, 5.41) is 18.9. The van der Waals surface area contributed by atoms with Crippen LogP contribution in [0.2, 0.25) is 0 Å². The predicted molar refractivity (Wildman–Crippen MR) is 53.3 cm³/mol. The summed E-state index contributed by atoms with van der Waals surface area (Å²) in [5.41, 5.74) is 6.03. The Hall–Kier alpha value is -1.26. The van der Waals surface area contributed by atoms with E-state index in [0.717, 1.165) is 0 Å². The number of aliphatic hydroxyl groups is 1. The molecule has 0 radical (unpaired) electrons. The van der Waals surface area contributed by atoms with Gasteiger partial charge in [-0.15, -0.1) is 0 Å². The van der Waals surface area contributed by atoms with Crippen molar-refractivity contribution in [2.45, 2.75) is 12.5 Å². The molecule has 78 valence electrons. The van der Waals surface area contributed by atoms with Crippen molar-refractivity contribution in [1.82, 2.24) is 0 Å². The van der Waals surface area contributed by atoms with Crippen LogP contribution in [-0.2, 0) is 0 Å². The zero-order chi connectivity index (χ0) is 10.6. The van der Waals surface area contributed by atoms with E-state index in [1.807, 2.05) is 0 Å².